The summed E-state index contributed by atoms with van der Waals surface area (Å²) in [7, 11) is -0.472. The lowest BCUT2D eigenvalue weighted by Gasteiger charge is -2.40. The zero-order valence-electron chi connectivity index (χ0n) is 20.6. The van der Waals surface area contributed by atoms with Crippen LogP contribution in [-0.2, 0) is 14.0 Å². The molecule has 2 aliphatic heterocycles. The largest absolute Gasteiger partial charge is 0.498 e. The number of hydrogen-bond acceptors (Lipinski definition) is 7. The van der Waals surface area contributed by atoms with Crippen LogP contribution < -0.4 is 10.4 Å². The Balaban J connectivity index is 1.47. The number of amides is 1. The summed E-state index contributed by atoms with van der Waals surface area (Å²) in [5, 5.41) is 0. The minimum atomic E-state index is -0.493. The van der Waals surface area contributed by atoms with Crippen molar-refractivity contribution in [3.05, 3.63) is 12.4 Å². The lowest BCUT2D eigenvalue weighted by Crippen LogP contribution is -2.52. The lowest BCUT2D eigenvalue weighted by atomic mass is 9.81. The van der Waals surface area contributed by atoms with Crippen LogP contribution in [0.25, 0.3) is 0 Å². The molecule has 0 aromatic carbocycles. The topological polar surface area (TPSA) is 77.0 Å². The molecule has 2 saturated heterocycles. The summed E-state index contributed by atoms with van der Waals surface area (Å²) in [4.78, 5) is 26.2. The fraction of sp³-hybridized carbons (Fsp3) is 0.783. The molecule has 3 aliphatic rings. The van der Waals surface area contributed by atoms with Gasteiger partial charge >= 0.3 is 13.2 Å². The Morgan fingerprint density at radius 2 is 1.69 bits per heavy atom. The van der Waals surface area contributed by atoms with Crippen molar-refractivity contribution in [3.8, 4) is 0 Å². The molecule has 1 aromatic heterocycles. The molecule has 176 valence electrons. The van der Waals surface area contributed by atoms with Gasteiger partial charge in [0.1, 0.15) is 5.60 Å². The van der Waals surface area contributed by atoms with Gasteiger partial charge in [0, 0.05) is 43.0 Å². The first-order valence-electron chi connectivity index (χ1n) is 11.8. The molecule has 4 rings (SSSR count). The van der Waals surface area contributed by atoms with Gasteiger partial charge in [-0.25, -0.2) is 14.8 Å². The van der Waals surface area contributed by atoms with Gasteiger partial charge in [-0.05, 0) is 74.1 Å². The summed E-state index contributed by atoms with van der Waals surface area (Å²) in [5.74, 6) is 0.712. The van der Waals surface area contributed by atoms with Crippen LogP contribution in [0.5, 0.6) is 0 Å². The van der Waals surface area contributed by atoms with Crippen LogP contribution in [0.2, 0.25) is 0 Å². The molecule has 1 aliphatic carbocycles. The molecule has 1 saturated carbocycles. The fourth-order valence-electron chi connectivity index (χ4n) is 4.22. The molecule has 1 aromatic rings. The Bertz CT molecular complexity index is 819. The van der Waals surface area contributed by atoms with Gasteiger partial charge in [-0.3, -0.25) is 0 Å². The van der Waals surface area contributed by atoms with Crippen molar-refractivity contribution < 1.29 is 18.8 Å². The standard InChI is InChI=1S/C23H37BN4O4/c1-21(2,3)30-20(29)27-12-8-9-18(15-27)28(17-10-11-17)19-25-13-16(14-26-19)24-31-22(4,5)23(6,7)32-24/h13-14,17-18H,8-12,15H2,1-7H3/t18-/m0/s1. The summed E-state index contributed by atoms with van der Waals surface area (Å²) in [6.45, 7) is 15.2. The number of likely N-dealkylation sites (tertiary alicyclic amines) is 1. The minimum Gasteiger partial charge on any atom is -0.444 e. The Morgan fingerprint density at radius 3 is 2.22 bits per heavy atom. The number of anilines is 1. The monoisotopic (exact) mass is 444 g/mol. The second kappa shape index (κ2) is 8.17. The molecule has 0 spiro atoms. The first kappa shape index (κ1) is 23.3. The third-order valence-corrected chi connectivity index (χ3v) is 6.80. The number of ether oxygens (including phenoxy) is 1. The molecule has 8 nitrogen and oxygen atoms in total. The molecule has 1 atom stereocenters. The number of carbonyl (C=O) groups excluding carboxylic acids is 1. The molecule has 0 radical (unpaired) electrons. The van der Waals surface area contributed by atoms with Gasteiger partial charge in [-0.2, -0.15) is 0 Å². The maximum atomic E-state index is 12.6. The van der Waals surface area contributed by atoms with E-state index in [0.717, 1.165) is 37.7 Å². The zero-order chi connectivity index (χ0) is 23.3. The Morgan fingerprint density at radius 1 is 1.09 bits per heavy atom. The van der Waals surface area contributed by atoms with Crippen molar-refractivity contribution in [3.63, 3.8) is 0 Å². The number of hydrogen-bond donors (Lipinski definition) is 0. The van der Waals surface area contributed by atoms with Crippen molar-refractivity contribution in [2.75, 3.05) is 18.0 Å². The van der Waals surface area contributed by atoms with Gasteiger partial charge in [0.05, 0.1) is 11.2 Å². The van der Waals surface area contributed by atoms with Crippen molar-refractivity contribution in [1.29, 1.82) is 0 Å². The van der Waals surface area contributed by atoms with E-state index in [1.54, 1.807) is 0 Å². The normalized spacial score (nSPS) is 25.0. The van der Waals surface area contributed by atoms with E-state index in [0.29, 0.717) is 18.5 Å². The van der Waals surface area contributed by atoms with Crippen LogP contribution in [0.1, 0.15) is 74.1 Å². The van der Waals surface area contributed by atoms with Crippen LogP contribution in [0.4, 0.5) is 10.7 Å². The average Bonchev–Trinajstić information content (AvgIpc) is 3.48. The summed E-state index contributed by atoms with van der Waals surface area (Å²) in [6.07, 6.45) is 7.60. The van der Waals surface area contributed by atoms with E-state index < -0.39 is 23.9 Å². The molecule has 3 heterocycles. The van der Waals surface area contributed by atoms with Crippen LogP contribution in [0.3, 0.4) is 0 Å². The SMILES string of the molecule is CC(C)(C)OC(=O)N1CCC[C@H](N(c2ncc(B3OC(C)(C)C(C)(C)O3)cn2)C2CC2)C1. The highest BCUT2D eigenvalue weighted by Crippen LogP contribution is 2.37. The zero-order valence-corrected chi connectivity index (χ0v) is 20.6. The highest BCUT2D eigenvalue weighted by molar-refractivity contribution is 6.61. The number of rotatable bonds is 4. The molecular weight excluding hydrogens is 407 g/mol. The number of carbonyl (C=O) groups is 1. The van der Waals surface area contributed by atoms with Crippen LogP contribution in [0.15, 0.2) is 12.4 Å². The van der Waals surface area contributed by atoms with E-state index in [2.05, 4.69) is 4.90 Å². The molecular formula is C23H37BN4O4. The van der Waals surface area contributed by atoms with Crippen molar-refractivity contribution in [2.24, 2.45) is 0 Å². The quantitative estimate of drug-likeness (QED) is 0.661. The second-order valence-corrected chi connectivity index (χ2v) is 11.3. The molecule has 0 N–H and O–H groups in total. The molecule has 32 heavy (non-hydrogen) atoms. The highest BCUT2D eigenvalue weighted by atomic mass is 16.7. The summed E-state index contributed by atoms with van der Waals surface area (Å²) >= 11 is 0. The highest BCUT2D eigenvalue weighted by Gasteiger charge is 2.52. The minimum absolute atomic E-state index is 0.187. The summed E-state index contributed by atoms with van der Waals surface area (Å²) < 4.78 is 17.9. The van der Waals surface area contributed by atoms with Crippen LogP contribution in [0, 0.1) is 0 Å². The van der Waals surface area contributed by atoms with Crippen molar-refractivity contribution in [2.45, 2.75) is 103 Å². The van der Waals surface area contributed by atoms with Crippen LogP contribution in [-0.4, -0.2) is 70.1 Å². The van der Waals surface area contributed by atoms with Gasteiger partial charge in [0.2, 0.25) is 5.95 Å². The lowest BCUT2D eigenvalue weighted by molar-refractivity contribution is 0.00578. The maximum absolute atomic E-state index is 12.6. The molecule has 3 fully saturated rings. The number of nitrogens with zero attached hydrogens (tertiary/aromatic N) is 4. The van der Waals surface area contributed by atoms with Crippen molar-refractivity contribution >= 4 is 24.6 Å². The smallest absolute Gasteiger partial charge is 0.444 e. The third-order valence-electron chi connectivity index (χ3n) is 6.80. The van der Waals surface area contributed by atoms with E-state index in [1.165, 1.54) is 0 Å². The number of piperidine rings is 1. The van der Waals surface area contributed by atoms with E-state index >= 15 is 0 Å². The van der Waals surface area contributed by atoms with E-state index in [9.17, 15) is 4.79 Å². The average molecular weight is 444 g/mol. The van der Waals surface area contributed by atoms with Crippen LogP contribution >= 0.6 is 0 Å². The third kappa shape index (κ3) is 4.88. The Labute approximate surface area is 192 Å². The first-order valence-corrected chi connectivity index (χ1v) is 11.8. The van der Waals surface area contributed by atoms with Gasteiger partial charge < -0.3 is 23.8 Å². The van der Waals surface area contributed by atoms with E-state index in [-0.39, 0.29) is 12.1 Å². The fourth-order valence-corrected chi connectivity index (χ4v) is 4.22. The summed E-state index contributed by atoms with van der Waals surface area (Å²) in [6, 6.07) is 0.618. The predicted octanol–water partition coefficient (Wildman–Crippen LogP) is 3.14. The van der Waals surface area contributed by atoms with Gasteiger partial charge in [0.25, 0.3) is 0 Å². The Hall–Kier alpha value is -1.87. The van der Waals surface area contributed by atoms with Gasteiger partial charge in [-0.1, -0.05) is 0 Å². The predicted molar refractivity (Wildman–Crippen MR) is 124 cm³/mol. The van der Waals surface area contributed by atoms with Crippen molar-refractivity contribution in [1.82, 2.24) is 14.9 Å². The van der Waals surface area contributed by atoms with Gasteiger partial charge in [0.15, 0.2) is 0 Å². The maximum Gasteiger partial charge on any atom is 0.498 e. The first-order chi connectivity index (χ1) is 14.9. The van der Waals surface area contributed by atoms with E-state index in [1.807, 2.05) is 65.8 Å². The second-order valence-electron chi connectivity index (χ2n) is 11.3. The summed E-state index contributed by atoms with van der Waals surface area (Å²) in [5.41, 5.74) is -0.470. The Kier molecular flexibility index (Phi) is 5.95. The van der Waals surface area contributed by atoms with E-state index in [4.69, 9.17) is 24.0 Å². The molecule has 0 bridgehead atoms. The van der Waals surface area contributed by atoms with Gasteiger partial charge in [-0.15, -0.1) is 0 Å². The molecule has 1 amide bonds. The molecule has 9 heteroatoms. The molecule has 0 unspecified atom stereocenters. The number of aromatic nitrogens is 2.